The molecule has 1 aromatic rings. The second-order valence-corrected chi connectivity index (χ2v) is 6.58. The molecule has 0 spiro atoms. The minimum atomic E-state index is -0.395. The molecule has 0 saturated carbocycles. The Bertz CT molecular complexity index is 639. The third-order valence-corrected chi connectivity index (χ3v) is 4.27. The molecule has 0 bridgehead atoms. The van der Waals surface area contributed by atoms with Crippen LogP contribution in [0, 0.1) is 0 Å². The number of amides is 1. The molecule has 7 nitrogen and oxygen atoms in total. The van der Waals surface area contributed by atoms with Gasteiger partial charge in [-0.3, -0.25) is 15.6 Å². The number of ether oxygens (including phenoxy) is 3. The van der Waals surface area contributed by atoms with E-state index in [1.54, 1.807) is 6.07 Å². The number of carbonyl (C=O) groups excluding carboxylic acids is 1. The first-order valence-electron chi connectivity index (χ1n) is 8.51. The van der Waals surface area contributed by atoms with E-state index in [1.807, 2.05) is 6.92 Å². The van der Waals surface area contributed by atoms with Crippen LogP contribution in [0.4, 0.5) is 0 Å². The Kier molecular flexibility index (Phi) is 8.21. The summed E-state index contributed by atoms with van der Waals surface area (Å²) in [5.41, 5.74) is 5.51. The number of hydrogen-bond donors (Lipinski definition) is 3. The van der Waals surface area contributed by atoms with Crippen molar-refractivity contribution in [1.29, 1.82) is 0 Å². The van der Waals surface area contributed by atoms with Crippen molar-refractivity contribution in [3.8, 4) is 11.5 Å². The number of carbonyl (C=O) groups is 1. The topological polar surface area (TPSA) is 80.9 Å². The lowest BCUT2D eigenvalue weighted by atomic mass is 10.2. The number of benzene rings is 1. The summed E-state index contributed by atoms with van der Waals surface area (Å²) in [7, 11) is 1.49. The Hall–Kier alpha value is -1.77. The lowest BCUT2D eigenvalue weighted by Gasteiger charge is -2.16. The third kappa shape index (κ3) is 5.89. The largest absolute Gasteiger partial charge is 0.493 e. The first-order chi connectivity index (χ1) is 12.5. The van der Waals surface area contributed by atoms with Crippen LogP contribution in [0.25, 0.3) is 0 Å². The molecule has 1 aromatic carbocycles. The Morgan fingerprint density at radius 3 is 2.88 bits per heavy atom. The minimum absolute atomic E-state index is 0.157. The van der Waals surface area contributed by atoms with E-state index >= 15 is 0 Å². The number of rotatable bonds is 7. The number of methoxy groups -OCH3 is 1. The Labute approximate surface area is 163 Å². The Morgan fingerprint density at radius 2 is 2.23 bits per heavy atom. The molecule has 1 aliphatic heterocycles. The van der Waals surface area contributed by atoms with Gasteiger partial charge in [0.25, 0.3) is 5.91 Å². The number of thiocarbonyl (C=S) groups is 1. The van der Waals surface area contributed by atoms with Crippen LogP contribution in [0.5, 0.6) is 11.5 Å². The summed E-state index contributed by atoms with van der Waals surface area (Å²) in [5.74, 6) is 0.429. The molecule has 1 saturated heterocycles. The lowest BCUT2D eigenvalue weighted by molar-refractivity contribution is 0.0942. The van der Waals surface area contributed by atoms with Crippen molar-refractivity contribution >= 4 is 34.8 Å². The first kappa shape index (κ1) is 20.5. The Morgan fingerprint density at radius 1 is 1.42 bits per heavy atom. The van der Waals surface area contributed by atoms with Gasteiger partial charge in [-0.2, -0.15) is 0 Å². The van der Waals surface area contributed by atoms with Gasteiger partial charge in [-0.15, -0.1) is 0 Å². The van der Waals surface area contributed by atoms with Crippen LogP contribution in [-0.2, 0) is 4.74 Å². The maximum atomic E-state index is 12.3. The molecule has 2 rings (SSSR count). The van der Waals surface area contributed by atoms with E-state index in [-0.39, 0.29) is 6.10 Å². The zero-order valence-electron chi connectivity index (χ0n) is 14.9. The van der Waals surface area contributed by atoms with Crippen molar-refractivity contribution < 1.29 is 19.0 Å². The fourth-order valence-electron chi connectivity index (χ4n) is 2.44. The van der Waals surface area contributed by atoms with Gasteiger partial charge in [-0.1, -0.05) is 18.5 Å². The van der Waals surface area contributed by atoms with E-state index in [0.29, 0.717) is 40.3 Å². The zero-order chi connectivity index (χ0) is 18.9. The summed E-state index contributed by atoms with van der Waals surface area (Å²) in [6.07, 6.45) is 3.06. The van der Waals surface area contributed by atoms with Crippen molar-refractivity contribution in [1.82, 2.24) is 16.2 Å². The molecule has 0 aromatic heterocycles. The lowest BCUT2D eigenvalue weighted by Crippen LogP contribution is -2.48. The number of hydrogen-bond acceptors (Lipinski definition) is 5. The molecule has 144 valence electrons. The molecule has 1 heterocycles. The molecule has 1 fully saturated rings. The van der Waals surface area contributed by atoms with Crippen LogP contribution in [0.3, 0.4) is 0 Å². The summed E-state index contributed by atoms with van der Waals surface area (Å²) in [4.78, 5) is 12.3. The third-order valence-electron chi connectivity index (χ3n) is 3.75. The van der Waals surface area contributed by atoms with Crippen LogP contribution >= 0.6 is 23.8 Å². The summed E-state index contributed by atoms with van der Waals surface area (Å²) in [5, 5.41) is 3.63. The van der Waals surface area contributed by atoms with E-state index < -0.39 is 5.91 Å². The predicted molar refractivity (Wildman–Crippen MR) is 104 cm³/mol. The van der Waals surface area contributed by atoms with Crippen molar-refractivity contribution in [2.75, 3.05) is 26.9 Å². The monoisotopic (exact) mass is 401 g/mol. The fourth-order valence-corrected chi connectivity index (χ4v) is 2.84. The van der Waals surface area contributed by atoms with Gasteiger partial charge in [0, 0.05) is 18.7 Å². The van der Waals surface area contributed by atoms with Crippen molar-refractivity contribution in [2.45, 2.75) is 32.3 Å². The van der Waals surface area contributed by atoms with Crippen LogP contribution in [-0.4, -0.2) is 44.0 Å². The highest BCUT2D eigenvalue weighted by Gasteiger charge is 2.17. The summed E-state index contributed by atoms with van der Waals surface area (Å²) in [6, 6.07) is 3.09. The maximum Gasteiger partial charge on any atom is 0.269 e. The molecule has 0 radical (unpaired) electrons. The van der Waals surface area contributed by atoms with Gasteiger partial charge < -0.3 is 19.5 Å². The second-order valence-electron chi connectivity index (χ2n) is 5.76. The molecule has 1 atom stereocenters. The van der Waals surface area contributed by atoms with E-state index in [1.165, 1.54) is 13.2 Å². The molecule has 3 N–H and O–H groups in total. The summed E-state index contributed by atoms with van der Waals surface area (Å²) < 4.78 is 16.3. The highest BCUT2D eigenvalue weighted by atomic mass is 35.5. The van der Waals surface area contributed by atoms with Gasteiger partial charge in [0.2, 0.25) is 0 Å². The molecule has 26 heavy (non-hydrogen) atoms. The average Bonchev–Trinajstić information content (AvgIpc) is 3.16. The van der Waals surface area contributed by atoms with E-state index in [2.05, 4.69) is 16.2 Å². The fraction of sp³-hybridized carbons (Fsp3) is 0.529. The molecule has 0 aliphatic carbocycles. The van der Waals surface area contributed by atoms with E-state index in [9.17, 15) is 4.79 Å². The van der Waals surface area contributed by atoms with Gasteiger partial charge in [-0.25, -0.2) is 0 Å². The molecular formula is C17H24ClN3O4S. The molecule has 1 amide bonds. The number of halogens is 1. The van der Waals surface area contributed by atoms with E-state index in [0.717, 1.165) is 25.9 Å². The van der Waals surface area contributed by atoms with Crippen LogP contribution in [0.1, 0.15) is 36.5 Å². The van der Waals surface area contributed by atoms with Crippen molar-refractivity contribution in [3.05, 3.63) is 22.7 Å². The van der Waals surface area contributed by atoms with Gasteiger partial charge in [0.15, 0.2) is 16.6 Å². The summed E-state index contributed by atoms with van der Waals surface area (Å²) >= 11 is 11.4. The summed E-state index contributed by atoms with van der Waals surface area (Å²) in [6.45, 7) is 3.88. The number of hydrazine groups is 1. The smallest absolute Gasteiger partial charge is 0.269 e. The number of nitrogens with one attached hydrogen (secondary N) is 3. The average molecular weight is 402 g/mol. The molecule has 1 aliphatic rings. The van der Waals surface area contributed by atoms with Gasteiger partial charge in [0.1, 0.15) is 0 Å². The van der Waals surface area contributed by atoms with Gasteiger partial charge in [0.05, 0.1) is 24.8 Å². The molecule has 1 unspecified atom stereocenters. The Balaban J connectivity index is 1.89. The van der Waals surface area contributed by atoms with Gasteiger partial charge >= 0.3 is 0 Å². The minimum Gasteiger partial charge on any atom is -0.493 e. The molecule has 9 heteroatoms. The van der Waals surface area contributed by atoms with Crippen molar-refractivity contribution in [2.24, 2.45) is 0 Å². The van der Waals surface area contributed by atoms with Crippen LogP contribution < -0.4 is 25.6 Å². The second kappa shape index (κ2) is 10.4. The van der Waals surface area contributed by atoms with E-state index in [4.69, 9.17) is 38.0 Å². The predicted octanol–water partition coefficient (Wildman–Crippen LogP) is 2.43. The maximum absolute atomic E-state index is 12.3. The first-order valence-corrected chi connectivity index (χ1v) is 9.29. The van der Waals surface area contributed by atoms with Crippen LogP contribution in [0.2, 0.25) is 5.02 Å². The zero-order valence-corrected chi connectivity index (χ0v) is 16.5. The normalized spacial score (nSPS) is 16.0. The highest BCUT2D eigenvalue weighted by molar-refractivity contribution is 7.80. The van der Waals surface area contributed by atoms with Gasteiger partial charge in [-0.05, 0) is 43.6 Å². The van der Waals surface area contributed by atoms with Crippen molar-refractivity contribution in [3.63, 3.8) is 0 Å². The molecular weight excluding hydrogens is 378 g/mol. The van der Waals surface area contributed by atoms with Crippen LogP contribution in [0.15, 0.2) is 12.1 Å². The highest BCUT2D eigenvalue weighted by Crippen LogP contribution is 2.36. The quantitative estimate of drug-likeness (QED) is 0.478. The SMILES string of the molecule is CCCOc1c(Cl)cc(C(=O)NNC(=S)NCC2CCCO2)cc1OC. The standard InChI is InChI=1S/C17H24ClN3O4S/c1-3-6-25-15-13(18)8-11(9-14(15)23-2)16(22)20-21-17(26)19-10-12-5-4-7-24-12/h8-9,12H,3-7,10H2,1-2H3,(H,20,22)(H2,19,21,26).